The molecule has 0 aliphatic heterocycles. The van der Waals surface area contributed by atoms with E-state index < -0.39 is 21.8 Å². The minimum Gasteiger partial charge on any atom is -0.282 e. The molecule has 0 aliphatic rings. The van der Waals surface area contributed by atoms with Gasteiger partial charge in [-0.15, -0.1) is 0 Å². The van der Waals surface area contributed by atoms with Crippen molar-refractivity contribution in [2.75, 3.05) is 11.0 Å². The Morgan fingerprint density at radius 2 is 1.61 bits per heavy atom. The number of rotatable bonds is 3. The van der Waals surface area contributed by atoms with Crippen LogP contribution in [-0.4, -0.2) is 14.7 Å². The van der Waals surface area contributed by atoms with Crippen molar-refractivity contribution in [2.45, 2.75) is 6.18 Å². The van der Waals surface area contributed by atoms with E-state index in [2.05, 4.69) is 4.72 Å². The summed E-state index contributed by atoms with van der Waals surface area (Å²) in [5.74, 6) is 0. The zero-order chi connectivity index (χ0) is 17.3. The molecule has 0 aromatic heterocycles. The van der Waals surface area contributed by atoms with Gasteiger partial charge in [-0.25, -0.2) is 8.42 Å². The maximum atomic E-state index is 12.5. The quantitative estimate of drug-likeness (QED) is 0.928. The van der Waals surface area contributed by atoms with Crippen LogP contribution in [0.1, 0.15) is 11.1 Å². The molecule has 0 heterocycles. The van der Waals surface area contributed by atoms with Gasteiger partial charge in [-0.2, -0.15) is 18.4 Å². The molecule has 2 aromatic rings. The molecule has 0 saturated carbocycles. The summed E-state index contributed by atoms with van der Waals surface area (Å²) in [6, 6.07) is 10.7. The molecule has 0 saturated heterocycles. The lowest BCUT2D eigenvalue weighted by Crippen LogP contribution is -2.10. The standard InChI is InChI=1S/C15H11F3N2O2S/c1-23(21,22)20-14-7-4-11(8-12(14)9-19)10-2-5-13(6-3-10)15(16,17)18/h2-8,20H,1H3. The van der Waals surface area contributed by atoms with Gasteiger partial charge in [0.1, 0.15) is 6.07 Å². The predicted molar refractivity (Wildman–Crippen MR) is 80.1 cm³/mol. The third-order valence-electron chi connectivity index (χ3n) is 2.98. The summed E-state index contributed by atoms with van der Waals surface area (Å²) in [7, 11) is -3.54. The highest BCUT2D eigenvalue weighted by Gasteiger charge is 2.29. The van der Waals surface area contributed by atoms with E-state index in [0.717, 1.165) is 18.4 Å². The first kappa shape index (κ1) is 16.8. The van der Waals surface area contributed by atoms with Crippen molar-refractivity contribution in [3.63, 3.8) is 0 Å². The molecule has 4 nitrogen and oxygen atoms in total. The van der Waals surface area contributed by atoms with Crippen LogP contribution in [0.15, 0.2) is 42.5 Å². The Bertz CT molecular complexity index is 867. The van der Waals surface area contributed by atoms with Crippen LogP contribution < -0.4 is 4.72 Å². The van der Waals surface area contributed by atoms with Crippen LogP contribution in [0.25, 0.3) is 11.1 Å². The molecule has 0 aliphatic carbocycles. The fourth-order valence-electron chi connectivity index (χ4n) is 1.96. The summed E-state index contributed by atoms with van der Waals surface area (Å²) in [5, 5.41) is 9.10. The minimum absolute atomic E-state index is 0.0767. The third-order valence-corrected chi connectivity index (χ3v) is 3.57. The van der Waals surface area contributed by atoms with Crippen LogP contribution >= 0.6 is 0 Å². The molecular weight excluding hydrogens is 329 g/mol. The van der Waals surface area contributed by atoms with Crippen molar-refractivity contribution in [3.05, 3.63) is 53.6 Å². The molecule has 0 unspecified atom stereocenters. The number of hydrogen-bond acceptors (Lipinski definition) is 3. The van der Waals surface area contributed by atoms with Gasteiger partial charge in [0.05, 0.1) is 23.1 Å². The number of nitrogens with zero attached hydrogens (tertiary/aromatic N) is 1. The number of nitriles is 1. The van der Waals surface area contributed by atoms with Crippen molar-refractivity contribution in [1.29, 1.82) is 5.26 Å². The highest BCUT2D eigenvalue weighted by Crippen LogP contribution is 2.31. The zero-order valence-electron chi connectivity index (χ0n) is 11.8. The Balaban J connectivity index is 2.40. The van der Waals surface area contributed by atoms with Gasteiger partial charge in [-0.1, -0.05) is 18.2 Å². The number of benzene rings is 2. The van der Waals surface area contributed by atoms with Crippen molar-refractivity contribution >= 4 is 15.7 Å². The maximum Gasteiger partial charge on any atom is 0.416 e. The molecule has 2 rings (SSSR count). The number of hydrogen-bond donors (Lipinski definition) is 1. The molecule has 120 valence electrons. The molecule has 0 atom stereocenters. The third kappa shape index (κ3) is 4.23. The summed E-state index contributed by atoms with van der Waals surface area (Å²) in [6.07, 6.45) is -3.46. The summed E-state index contributed by atoms with van der Waals surface area (Å²) in [6.45, 7) is 0. The van der Waals surface area contributed by atoms with Crippen molar-refractivity contribution < 1.29 is 21.6 Å². The van der Waals surface area contributed by atoms with Gasteiger partial charge in [-0.3, -0.25) is 4.72 Å². The van der Waals surface area contributed by atoms with Gasteiger partial charge in [0.15, 0.2) is 0 Å². The van der Waals surface area contributed by atoms with Crippen LogP contribution in [-0.2, 0) is 16.2 Å². The first-order chi connectivity index (χ1) is 10.6. The lowest BCUT2D eigenvalue weighted by molar-refractivity contribution is -0.137. The normalized spacial score (nSPS) is 11.8. The highest BCUT2D eigenvalue weighted by atomic mass is 32.2. The van der Waals surface area contributed by atoms with Gasteiger partial charge in [-0.05, 0) is 35.4 Å². The topological polar surface area (TPSA) is 70.0 Å². The van der Waals surface area contributed by atoms with E-state index in [1.54, 1.807) is 0 Å². The van der Waals surface area contributed by atoms with E-state index >= 15 is 0 Å². The van der Waals surface area contributed by atoms with Gasteiger partial charge >= 0.3 is 6.18 Å². The second kappa shape index (κ2) is 5.93. The number of halogens is 3. The maximum absolute atomic E-state index is 12.5. The first-order valence-corrected chi connectivity index (χ1v) is 8.19. The Morgan fingerprint density at radius 3 is 2.09 bits per heavy atom. The number of anilines is 1. The van der Waals surface area contributed by atoms with Crippen molar-refractivity contribution in [2.24, 2.45) is 0 Å². The molecule has 0 amide bonds. The van der Waals surface area contributed by atoms with E-state index in [4.69, 9.17) is 5.26 Å². The van der Waals surface area contributed by atoms with Crippen LogP contribution in [0.2, 0.25) is 0 Å². The minimum atomic E-state index is -4.42. The summed E-state index contributed by atoms with van der Waals surface area (Å²) in [4.78, 5) is 0. The zero-order valence-corrected chi connectivity index (χ0v) is 12.7. The Labute approximate surface area is 131 Å². The van der Waals surface area contributed by atoms with Crippen LogP contribution in [0.4, 0.5) is 18.9 Å². The van der Waals surface area contributed by atoms with E-state index in [9.17, 15) is 21.6 Å². The van der Waals surface area contributed by atoms with Gasteiger partial charge in [0.25, 0.3) is 0 Å². The molecular formula is C15H11F3N2O2S. The lowest BCUT2D eigenvalue weighted by Gasteiger charge is -2.10. The van der Waals surface area contributed by atoms with Gasteiger partial charge in [0, 0.05) is 0 Å². The lowest BCUT2D eigenvalue weighted by atomic mass is 10.0. The van der Waals surface area contributed by atoms with Gasteiger partial charge in [0.2, 0.25) is 10.0 Å². The molecule has 1 N–H and O–H groups in total. The second-order valence-electron chi connectivity index (χ2n) is 4.82. The van der Waals surface area contributed by atoms with Crippen molar-refractivity contribution in [3.8, 4) is 17.2 Å². The average molecular weight is 340 g/mol. The predicted octanol–water partition coefficient (Wildman–Crippen LogP) is 3.62. The Hall–Kier alpha value is -2.53. The molecule has 0 fully saturated rings. The van der Waals surface area contributed by atoms with Crippen LogP contribution in [0.5, 0.6) is 0 Å². The Kier molecular flexibility index (Phi) is 4.34. The molecule has 0 radical (unpaired) electrons. The summed E-state index contributed by atoms with van der Waals surface area (Å²) in [5.41, 5.74) is 0.422. The van der Waals surface area contributed by atoms with E-state index in [-0.39, 0.29) is 11.3 Å². The largest absolute Gasteiger partial charge is 0.416 e. The Morgan fingerprint density at radius 1 is 1.04 bits per heavy atom. The SMILES string of the molecule is CS(=O)(=O)Nc1ccc(-c2ccc(C(F)(F)F)cc2)cc1C#N. The van der Waals surface area contributed by atoms with E-state index in [1.165, 1.54) is 30.3 Å². The molecule has 0 bridgehead atoms. The fraction of sp³-hybridized carbons (Fsp3) is 0.133. The highest BCUT2D eigenvalue weighted by molar-refractivity contribution is 7.92. The average Bonchev–Trinajstić information content (AvgIpc) is 2.45. The molecule has 8 heteroatoms. The van der Waals surface area contributed by atoms with E-state index in [0.29, 0.717) is 11.1 Å². The van der Waals surface area contributed by atoms with Crippen LogP contribution in [0.3, 0.4) is 0 Å². The van der Waals surface area contributed by atoms with Crippen LogP contribution in [0, 0.1) is 11.3 Å². The number of alkyl halides is 3. The monoisotopic (exact) mass is 340 g/mol. The number of nitrogens with one attached hydrogen (secondary N) is 1. The summed E-state index contributed by atoms with van der Waals surface area (Å²) < 4.78 is 62.3. The fourth-order valence-corrected chi connectivity index (χ4v) is 2.53. The van der Waals surface area contributed by atoms with Crippen molar-refractivity contribution in [1.82, 2.24) is 0 Å². The van der Waals surface area contributed by atoms with E-state index in [1.807, 2.05) is 6.07 Å². The smallest absolute Gasteiger partial charge is 0.282 e. The molecule has 2 aromatic carbocycles. The molecule has 23 heavy (non-hydrogen) atoms. The summed E-state index contributed by atoms with van der Waals surface area (Å²) >= 11 is 0. The number of sulfonamides is 1. The second-order valence-corrected chi connectivity index (χ2v) is 6.57. The van der Waals surface area contributed by atoms with Gasteiger partial charge < -0.3 is 0 Å². The first-order valence-electron chi connectivity index (χ1n) is 6.30. The molecule has 0 spiro atoms.